The third kappa shape index (κ3) is 5.25. The minimum Gasteiger partial charge on any atom is -0.481 e. The molecule has 0 fully saturated rings. The van der Waals surface area contributed by atoms with Crippen molar-refractivity contribution in [1.29, 1.82) is 0 Å². The average molecular weight is 392 g/mol. The van der Waals surface area contributed by atoms with Gasteiger partial charge < -0.3 is 9.47 Å². The summed E-state index contributed by atoms with van der Waals surface area (Å²) in [6, 6.07) is 20.9. The summed E-state index contributed by atoms with van der Waals surface area (Å²) in [6.45, 7) is 5.13. The van der Waals surface area contributed by atoms with E-state index in [2.05, 4.69) is 10.9 Å². The third-order valence-corrected chi connectivity index (χ3v) is 4.48. The highest BCUT2D eigenvalue weighted by atomic mass is 16.5. The Morgan fingerprint density at radius 2 is 1.34 bits per heavy atom. The van der Waals surface area contributed by atoms with Gasteiger partial charge in [-0.15, -0.1) is 0 Å². The molecule has 2 amide bonds. The van der Waals surface area contributed by atoms with Gasteiger partial charge in [-0.2, -0.15) is 0 Å². The molecule has 6 nitrogen and oxygen atoms in total. The Kier molecular flexibility index (Phi) is 6.34. The van der Waals surface area contributed by atoms with Crippen LogP contribution in [-0.4, -0.2) is 24.0 Å². The van der Waals surface area contributed by atoms with Gasteiger partial charge in [0, 0.05) is 0 Å². The van der Waals surface area contributed by atoms with Crippen molar-refractivity contribution in [2.75, 3.05) is 0 Å². The molecule has 0 aromatic heterocycles. The lowest BCUT2D eigenvalue weighted by Crippen LogP contribution is -2.50. The van der Waals surface area contributed by atoms with Crippen molar-refractivity contribution >= 4 is 22.6 Å². The zero-order valence-corrected chi connectivity index (χ0v) is 16.6. The van der Waals surface area contributed by atoms with E-state index >= 15 is 0 Å². The summed E-state index contributed by atoms with van der Waals surface area (Å²) in [5, 5.41) is 2.11. The molecule has 3 aromatic rings. The maximum atomic E-state index is 12.3. The first-order valence-corrected chi connectivity index (χ1v) is 9.41. The SMILES string of the molecule is Cc1ccccc1OC(C)C(=O)NNC(=O)C(C)Oc1ccc2ccccc2c1. The number of nitrogens with one attached hydrogen (secondary N) is 2. The van der Waals surface area contributed by atoms with Crippen molar-refractivity contribution in [3.05, 3.63) is 72.3 Å². The Morgan fingerprint density at radius 1 is 0.759 bits per heavy atom. The molecule has 150 valence electrons. The number of benzene rings is 3. The zero-order valence-electron chi connectivity index (χ0n) is 16.6. The summed E-state index contributed by atoms with van der Waals surface area (Å²) in [7, 11) is 0. The van der Waals surface area contributed by atoms with Crippen LogP contribution in [0.3, 0.4) is 0 Å². The topological polar surface area (TPSA) is 76.7 Å². The Labute approximate surface area is 169 Å². The zero-order chi connectivity index (χ0) is 20.8. The van der Waals surface area contributed by atoms with E-state index < -0.39 is 24.0 Å². The summed E-state index contributed by atoms with van der Waals surface area (Å²) in [4.78, 5) is 24.5. The predicted octanol–water partition coefficient (Wildman–Crippen LogP) is 3.53. The summed E-state index contributed by atoms with van der Waals surface area (Å²) >= 11 is 0. The van der Waals surface area contributed by atoms with Crippen LogP contribution in [0.25, 0.3) is 10.8 Å². The Morgan fingerprint density at radius 3 is 2.03 bits per heavy atom. The van der Waals surface area contributed by atoms with Crippen molar-refractivity contribution < 1.29 is 19.1 Å². The molecule has 3 rings (SSSR count). The first kappa shape index (κ1) is 20.2. The van der Waals surface area contributed by atoms with E-state index in [1.807, 2.05) is 67.6 Å². The van der Waals surface area contributed by atoms with E-state index in [0.29, 0.717) is 11.5 Å². The van der Waals surface area contributed by atoms with Crippen LogP contribution in [0.2, 0.25) is 0 Å². The molecule has 29 heavy (non-hydrogen) atoms. The van der Waals surface area contributed by atoms with Gasteiger partial charge in [-0.05, 0) is 55.3 Å². The van der Waals surface area contributed by atoms with E-state index in [0.717, 1.165) is 16.3 Å². The average Bonchev–Trinajstić information content (AvgIpc) is 2.73. The van der Waals surface area contributed by atoms with Crippen LogP contribution < -0.4 is 20.3 Å². The molecule has 0 saturated carbocycles. The molecule has 2 unspecified atom stereocenters. The minimum atomic E-state index is -0.788. The van der Waals surface area contributed by atoms with Crippen molar-refractivity contribution in [2.45, 2.75) is 33.0 Å². The van der Waals surface area contributed by atoms with Gasteiger partial charge in [-0.1, -0.05) is 48.5 Å². The van der Waals surface area contributed by atoms with E-state index in [4.69, 9.17) is 9.47 Å². The summed E-state index contributed by atoms with van der Waals surface area (Å²) in [5.41, 5.74) is 5.68. The number of fused-ring (bicyclic) bond motifs is 1. The van der Waals surface area contributed by atoms with Crippen LogP contribution in [0.5, 0.6) is 11.5 Å². The van der Waals surface area contributed by atoms with Gasteiger partial charge in [-0.25, -0.2) is 0 Å². The molecule has 2 atom stereocenters. The maximum absolute atomic E-state index is 12.3. The molecule has 0 radical (unpaired) electrons. The van der Waals surface area contributed by atoms with E-state index in [1.165, 1.54) is 0 Å². The van der Waals surface area contributed by atoms with Crippen LogP contribution >= 0.6 is 0 Å². The minimum absolute atomic E-state index is 0.459. The Hall–Kier alpha value is -3.54. The first-order chi connectivity index (χ1) is 13.9. The summed E-state index contributed by atoms with van der Waals surface area (Å²) < 4.78 is 11.3. The number of para-hydroxylation sites is 1. The van der Waals surface area contributed by atoms with Crippen LogP contribution in [0.1, 0.15) is 19.4 Å². The number of hydrogen-bond acceptors (Lipinski definition) is 4. The number of aryl methyl sites for hydroxylation is 1. The third-order valence-electron chi connectivity index (χ3n) is 4.48. The van der Waals surface area contributed by atoms with Gasteiger partial charge in [-0.3, -0.25) is 20.4 Å². The van der Waals surface area contributed by atoms with Crippen molar-refractivity contribution in [3.8, 4) is 11.5 Å². The normalized spacial score (nSPS) is 12.7. The van der Waals surface area contributed by atoms with Crippen molar-refractivity contribution in [2.24, 2.45) is 0 Å². The molecule has 6 heteroatoms. The number of hydrazine groups is 1. The van der Waals surface area contributed by atoms with Crippen LogP contribution in [0.4, 0.5) is 0 Å². The van der Waals surface area contributed by atoms with Gasteiger partial charge in [0.1, 0.15) is 11.5 Å². The lowest BCUT2D eigenvalue weighted by atomic mass is 10.1. The smallest absolute Gasteiger partial charge is 0.279 e. The molecule has 0 heterocycles. The van der Waals surface area contributed by atoms with Gasteiger partial charge in [0.15, 0.2) is 12.2 Å². The van der Waals surface area contributed by atoms with Crippen LogP contribution in [0.15, 0.2) is 66.7 Å². The molecule has 0 saturated heterocycles. The molecule has 2 N–H and O–H groups in total. The van der Waals surface area contributed by atoms with Gasteiger partial charge in [0.05, 0.1) is 0 Å². The van der Waals surface area contributed by atoms with E-state index in [1.54, 1.807) is 19.9 Å². The van der Waals surface area contributed by atoms with Crippen molar-refractivity contribution in [3.63, 3.8) is 0 Å². The number of amides is 2. The fourth-order valence-corrected chi connectivity index (χ4v) is 2.76. The quantitative estimate of drug-likeness (QED) is 0.629. The molecular formula is C23H24N2O4. The predicted molar refractivity (Wildman–Crippen MR) is 112 cm³/mol. The summed E-state index contributed by atoms with van der Waals surface area (Å²) in [6.07, 6.45) is -1.56. The first-order valence-electron chi connectivity index (χ1n) is 9.41. The highest BCUT2D eigenvalue weighted by Crippen LogP contribution is 2.21. The van der Waals surface area contributed by atoms with E-state index in [-0.39, 0.29) is 0 Å². The second-order valence-electron chi connectivity index (χ2n) is 6.77. The van der Waals surface area contributed by atoms with Gasteiger partial charge in [0.2, 0.25) is 0 Å². The monoisotopic (exact) mass is 392 g/mol. The fraction of sp³-hybridized carbons (Fsp3) is 0.217. The highest BCUT2D eigenvalue weighted by molar-refractivity contribution is 5.87. The molecule has 0 spiro atoms. The number of carbonyl (C=O) groups is 2. The maximum Gasteiger partial charge on any atom is 0.279 e. The molecule has 0 bridgehead atoms. The molecule has 0 aliphatic carbocycles. The summed E-state index contributed by atoms with van der Waals surface area (Å²) in [5.74, 6) is 0.275. The number of ether oxygens (including phenoxy) is 2. The Bertz CT molecular complexity index is 1020. The van der Waals surface area contributed by atoms with E-state index in [9.17, 15) is 9.59 Å². The number of hydrogen-bond donors (Lipinski definition) is 2. The molecule has 0 aliphatic heterocycles. The fourth-order valence-electron chi connectivity index (χ4n) is 2.76. The second kappa shape index (κ2) is 9.10. The van der Waals surface area contributed by atoms with Crippen molar-refractivity contribution in [1.82, 2.24) is 10.9 Å². The molecule has 0 aliphatic rings. The number of rotatable bonds is 6. The number of carbonyl (C=O) groups excluding carboxylic acids is 2. The lowest BCUT2D eigenvalue weighted by Gasteiger charge is -2.18. The Balaban J connectivity index is 1.51. The second-order valence-corrected chi connectivity index (χ2v) is 6.77. The van der Waals surface area contributed by atoms with Gasteiger partial charge >= 0.3 is 0 Å². The molecule has 3 aromatic carbocycles. The standard InChI is InChI=1S/C23H24N2O4/c1-15-8-4-7-11-21(15)29-17(3)23(27)25-24-22(26)16(2)28-20-13-12-18-9-5-6-10-19(18)14-20/h4-14,16-17H,1-3H3,(H,24,26)(H,25,27). The lowest BCUT2D eigenvalue weighted by molar-refractivity contribution is -0.135. The largest absolute Gasteiger partial charge is 0.481 e. The highest BCUT2D eigenvalue weighted by Gasteiger charge is 2.19. The van der Waals surface area contributed by atoms with Crippen LogP contribution in [0, 0.1) is 6.92 Å². The van der Waals surface area contributed by atoms with Crippen LogP contribution in [-0.2, 0) is 9.59 Å². The molecular weight excluding hydrogens is 368 g/mol. The van der Waals surface area contributed by atoms with Gasteiger partial charge in [0.25, 0.3) is 11.8 Å².